The van der Waals surface area contributed by atoms with Crippen LogP contribution in [0.3, 0.4) is 0 Å². The zero-order chi connectivity index (χ0) is 16.8. The van der Waals surface area contributed by atoms with Crippen molar-refractivity contribution >= 4 is 17.5 Å². The Bertz CT molecular complexity index is 545. The van der Waals surface area contributed by atoms with Gasteiger partial charge in [-0.25, -0.2) is 4.39 Å². The van der Waals surface area contributed by atoms with Crippen LogP contribution in [0.5, 0.6) is 0 Å². The first-order chi connectivity index (χ1) is 11.0. The molecule has 126 valence electrons. The molecular weight excluding hydrogens is 297 g/mol. The van der Waals surface area contributed by atoms with Crippen LogP contribution in [0.2, 0.25) is 0 Å². The molecule has 0 spiro atoms. The number of anilines is 1. The van der Waals surface area contributed by atoms with Gasteiger partial charge >= 0.3 is 0 Å². The monoisotopic (exact) mass is 321 g/mol. The summed E-state index contributed by atoms with van der Waals surface area (Å²) in [7, 11) is 0. The van der Waals surface area contributed by atoms with Crippen LogP contribution in [-0.2, 0) is 9.59 Å². The Balaban J connectivity index is 1.94. The van der Waals surface area contributed by atoms with Crippen LogP contribution in [0.4, 0.5) is 10.1 Å². The zero-order valence-corrected chi connectivity index (χ0v) is 13.6. The van der Waals surface area contributed by atoms with Crippen molar-refractivity contribution in [3.8, 4) is 0 Å². The minimum Gasteiger partial charge on any atom is -0.353 e. The minimum absolute atomic E-state index is 0.0985. The number of amides is 2. The molecule has 0 unspecified atom stereocenters. The smallest absolute Gasteiger partial charge is 0.237 e. The third-order valence-electron chi connectivity index (χ3n) is 3.94. The van der Waals surface area contributed by atoms with E-state index in [0.717, 1.165) is 19.5 Å². The van der Waals surface area contributed by atoms with Crippen LogP contribution >= 0.6 is 0 Å². The highest BCUT2D eigenvalue weighted by atomic mass is 19.1. The SMILES string of the molecule is CC(C)CCN1CCNC(=O)[C@@H]1CC(=O)Nc1ccc(F)cc1. The van der Waals surface area contributed by atoms with E-state index in [-0.39, 0.29) is 24.1 Å². The maximum absolute atomic E-state index is 12.9. The molecule has 0 aromatic heterocycles. The van der Waals surface area contributed by atoms with Crippen LogP contribution in [0, 0.1) is 11.7 Å². The van der Waals surface area contributed by atoms with Gasteiger partial charge in [-0.15, -0.1) is 0 Å². The van der Waals surface area contributed by atoms with Crippen molar-refractivity contribution in [2.75, 3.05) is 25.0 Å². The number of hydrogen-bond acceptors (Lipinski definition) is 3. The van der Waals surface area contributed by atoms with Gasteiger partial charge < -0.3 is 10.6 Å². The number of halogens is 1. The standard InChI is InChI=1S/C17H24FN3O2/c1-12(2)7-9-21-10-8-19-17(23)15(21)11-16(22)20-14-5-3-13(18)4-6-14/h3-6,12,15H,7-11H2,1-2H3,(H,19,23)(H,20,22)/t15-/m0/s1. The summed E-state index contributed by atoms with van der Waals surface area (Å²) in [6.07, 6.45) is 1.09. The average molecular weight is 321 g/mol. The molecule has 6 heteroatoms. The van der Waals surface area contributed by atoms with E-state index in [9.17, 15) is 14.0 Å². The molecule has 1 aromatic carbocycles. The Morgan fingerprint density at radius 2 is 2.09 bits per heavy atom. The highest BCUT2D eigenvalue weighted by Gasteiger charge is 2.31. The van der Waals surface area contributed by atoms with E-state index in [1.165, 1.54) is 24.3 Å². The van der Waals surface area contributed by atoms with Crippen molar-refractivity contribution in [1.29, 1.82) is 0 Å². The summed E-state index contributed by atoms with van der Waals surface area (Å²) in [5.74, 6) is -0.148. The minimum atomic E-state index is -0.442. The molecule has 0 aliphatic carbocycles. The van der Waals surface area contributed by atoms with Crippen molar-refractivity contribution in [1.82, 2.24) is 10.2 Å². The van der Waals surface area contributed by atoms with Crippen LogP contribution in [-0.4, -0.2) is 42.4 Å². The Kier molecular flexibility index (Phi) is 6.10. The van der Waals surface area contributed by atoms with Gasteiger partial charge in [0.25, 0.3) is 0 Å². The van der Waals surface area contributed by atoms with Gasteiger partial charge in [-0.05, 0) is 43.1 Å². The Morgan fingerprint density at radius 3 is 2.74 bits per heavy atom. The maximum Gasteiger partial charge on any atom is 0.237 e. The first-order valence-corrected chi connectivity index (χ1v) is 8.03. The summed E-state index contributed by atoms with van der Waals surface area (Å²) in [4.78, 5) is 26.4. The normalized spacial score (nSPS) is 18.8. The summed E-state index contributed by atoms with van der Waals surface area (Å²) in [5.41, 5.74) is 0.529. The number of carbonyl (C=O) groups is 2. The fraction of sp³-hybridized carbons (Fsp3) is 0.529. The van der Waals surface area contributed by atoms with E-state index in [2.05, 4.69) is 29.4 Å². The van der Waals surface area contributed by atoms with Gasteiger partial charge in [0.1, 0.15) is 5.82 Å². The number of benzene rings is 1. The molecule has 1 aliphatic heterocycles. The second-order valence-corrected chi connectivity index (χ2v) is 6.28. The number of nitrogens with one attached hydrogen (secondary N) is 2. The molecule has 1 fully saturated rings. The largest absolute Gasteiger partial charge is 0.353 e. The average Bonchev–Trinajstić information content (AvgIpc) is 2.50. The third kappa shape index (κ3) is 5.32. The van der Waals surface area contributed by atoms with Gasteiger partial charge in [0.05, 0.1) is 12.5 Å². The van der Waals surface area contributed by atoms with E-state index in [0.29, 0.717) is 18.2 Å². The van der Waals surface area contributed by atoms with Gasteiger partial charge in [-0.3, -0.25) is 14.5 Å². The van der Waals surface area contributed by atoms with E-state index in [1.54, 1.807) is 0 Å². The molecule has 2 N–H and O–H groups in total. The fourth-order valence-corrected chi connectivity index (χ4v) is 2.60. The summed E-state index contributed by atoms with van der Waals surface area (Å²) in [5, 5.41) is 5.53. The number of rotatable bonds is 6. The van der Waals surface area contributed by atoms with E-state index < -0.39 is 6.04 Å². The lowest BCUT2D eigenvalue weighted by molar-refractivity contribution is -0.132. The number of carbonyl (C=O) groups excluding carboxylic acids is 2. The Hall–Kier alpha value is -1.95. The van der Waals surface area contributed by atoms with Crippen molar-refractivity contribution in [2.24, 2.45) is 5.92 Å². The first-order valence-electron chi connectivity index (χ1n) is 8.03. The third-order valence-corrected chi connectivity index (χ3v) is 3.94. The second kappa shape index (κ2) is 8.06. The Labute approximate surface area is 136 Å². The quantitative estimate of drug-likeness (QED) is 0.842. The molecule has 1 atom stereocenters. The predicted octanol–water partition coefficient (Wildman–Crippen LogP) is 2.00. The van der Waals surface area contributed by atoms with Crippen molar-refractivity contribution < 1.29 is 14.0 Å². The molecule has 0 saturated carbocycles. The Morgan fingerprint density at radius 1 is 1.39 bits per heavy atom. The summed E-state index contributed by atoms with van der Waals surface area (Å²) >= 11 is 0. The number of nitrogens with zero attached hydrogens (tertiary/aromatic N) is 1. The number of hydrogen-bond donors (Lipinski definition) is 2. The van der Waals surface area contributed by atoms with E-state index in [4.69, 9.17) is 0 Å². The highest BCUT2D eigenvalue weighted by Crippen LogP contribution is 2.14. The molecule has 1 aromatic rings. The molecule has 1 saturated heterocycles. The summed E-state index contributed by atoms with van der Waals surface area (Å²) in [6.45, 7) is 6.46. The van der Waals surface area contributed by atoms with Gasteiger partial charge in [0.2, 0.25) is 11.8 Å². The van der Waals surface area contributed by atoms with Gasteiger partial charge in [-0.1, -0.05) is 13.8 Å². The second-order valence-electron chi connectivity index (χ2n) is 6.28. The first kappa shape index (κ1) is 17.4. The van der Waals surface area contributed by atoms with Crippen molar-refractivity contribution in [3.63, 3.8) is 0 Å². The number of piperazine rings is 1. The van der Waals surface area contributed by atoms with E-state index in [1.807, 2.05) is 0 Å². The van der Waals surface area contributed by atoms with Gasteiger partial charge in [0.15, 0.2) is 0 Å². The molecule has 2 rings (SSSR count). The van der Waals surface area contributed by atoms with E-state index >= 15 is 0 Å². The molecule has 0 bridgehead atoms. The molecule has 1 heterocycles. The summed E-state index contributed by atoms with van der Waals surface area (Å²) in [6, 6.07) is 5.15. The van der Waals surface area contributed by atoms with Gasteiger partial charge in [-0.2, -0.15) is 0 Å². The van der Waals surface area contributed by atoms with Crippen LogP contribution < -0.4 is 10.6 Å². The van der Waals surface area contributed by atoms with Gasteiger partial charge in [0, 0.05) is 18.8 Å². The molecule has 1 aliphatic rings. The lowest BCUT2D eigenvalue weighted by Crippen LogP contribution is -2.56. The molecular formula is C17H24FN3O2. The van der Waals surface area contributed by atoms with Crippen LogP contribution in [0.1, 0.15) is 26.7 Å². The van der Waals surface area contributed by atoms with Crippen LogP contribution in [0.15, 0.2) is 24.3 Å². The van der Waals surface area contributed by atoms with Crippen molar-refractivity contribution in [2.45, 2.75) is 32.7 Å². The maximum atomic E-state index is 12.9. The molecule has 23 heavy (non-hydrogen) atoms. The van der Waals surface area contributed by atoms with Crippen molar-refractivity contribution in [3.05, 3.63) is 30.1 Å². The fourth-order valence-electron chi connectivity index (χ4n) is 2.60. The molecule has 5 nitrogen and oxygen atoms in total. The molecule has 0 radical (unpaired) electrons. The lowest BCUT2D eigenvalue weighted by atomic mass is 10.1. The highest BCUT2D eigenvalue weighted by molar-refractivity contribution is 5.95. The predicted molar refractivity (Wildman–Crippen MR) is 87.5 cm³/mol. The van der Waals surface area contributed by atoms with Crippen LogP contribution in [0.25, 0.3) is 0 Å². The topological polar surface area (TPSA) is 61.4 Å². The summed E-state index contributed by atoms with van der Waals surface area (Å²) < 4.78 is 12.9. The lowest BCUT2D eigenvalue weighted by Gasteiger charge is -2.35. The zero-order valence-electron chi connectivity index (χ0n) is 13.6. The molecule has 2 amide bonds.